The smallest absolute Gasteiger partial charge is 0.0808 e. The van der Waals surface area contributed by atoms with Crippen LogP contribution in [0, 0.1) is 11.3 Å². The van der Waals surface area contributed by atoms with Crippen molar-refractivity contribution >= 4 is 0 Å². The lowest BCUT2D eigenvalue weighted by Crippen LogP contribution is -2.24. The predicted octanol–water partition coefficient (Wildman–Crippen LogP) is 2.27. The van der Waals surface area contributed by atoms with E-state index in [0.717, 1.165) is 39.1 Å². The summed E-state index contributed by atoms with van der Waals surface area (Å²) >= 11 is 0. The first-order chi connectivity index (χ1) is 6.93. The van der Waals surface area contributed by atoms with Crippen LogP contribution < -0.4 is 0 Å². The molecule has 0 aromatic heterocycles. The van der Waals surface area contributed by atoms with E-state index in [9.17, 15) is 0 Å². The van der Waals surface area contributed by atoms with E-state index in [2.05, 4.69) is 6.07 Å². The Morgan fingerprint density at radius 2 is 2.29 bits per heavy atom. The SMILES string of the molecule is N#CCCCCOCC1CCCCO1. The molecule has 0 saturated carbocycles. The molecule has 0 aromatic carbocycles. The van der Waals surface area contributed by atoms with E-state index in [4.69, 9.17) is 14.7 Å². The highest BCUT2D eigenvalue weighted by Crippen LogP contribution is 2.12. The number of unbranched alkanes of at least 4 members (excludes halogenated alkanes) is 2. The van der Waals surface area contributed by atoms with Crippen LogP contribution >= 0.6 is 0 Å². The van der Waals surface area contributed by atoms with Crippen molar-refractivity contribution in [1.82, 2.24) is 0 Å². The van der Waals surface area contributed by atoms with Crippen molar-refractivity contribution in [2.24, 2.45) is 0 Å². The summed E-state index contributed by atoms with van der Waals surface area (Å²) in [5.74, 6) is 0. The molecule has 80 valence electrons. The molecular weight excluding hydrogens is 178 g/mol. The molecule has 1 fully saturated rings. The predicted molar refractivity (Wildman–Crippen MR) is 53.9 cm³/mol. The van der Waals surface area contributed by atoms with Crippen LogP contribution in [-0.2, 0) is 9.47 Å². The standard InChI is InChI=1S/C11H19NO2/c12-7-3-1-4-8-13-10-11-6-2-5-9-14-11/h11H,1-6,8-10H2. The van der Waals surface area contributed by atoms with Gasteiger partial charge in [0.25, 0.3) is 0 Å². The highest BCUT2D eigenvalue weighted by atomic mass is 16.5. The van der Waals surface area contributed by atoms with E-state index in [-0.39, 0.29) is 0 Å². The van der Waals surface area contributed by atoms with E-state index < -0.39 is 0 Å². The molecule has 0 bridgehead atoms. The highest BCUT2D eigenvalue weighted by molar-refractivity contribution is 4.67. The third-order valence-electron chi connectivity index (χ3n) is 2.40. The second-order valence-electron chi connectivity index (χ2n) is 3.68. The molecule has 3 heteroatoms. The average Bonchev–Trinajstić information content (AvgIpc) is 2.25. The molecule has 1 heterocycles. The molecule has 1 rings (SSSR count). The molecular formula is C11H19NO2. The van der Waals surface area contributed by atoms with Gasteiger partial charge in [-0.2, -0.15) is 5.26 Å². The molecule has 1 unspecified atom stereocenters. The third kappa shape index (κ3) is 5.21. The fourth-order valence-electron chi connectivity index (χ4n) is 1.56. The van der Waals surface area contributed by atoms with Crippen molar-refractivity contribution in [3.05, 3.63) is 0 Å². The monoisotopic (exact) mass is 197 g/mol. The van der Waals surface area contributed by atoms with Crippen molar-refractivity contribution in [2.75, 3.05) is 19.8 Å². The van der Waals surface area contributed by atoms with Crippen LogP contribution in [0.5, 0.6) is 0 Å². The second kappa shape index (κ2) is 7.78. The molecule has 1 saturated heterocycles. The summed E-state index contributed by atoms with van der Waals surface area (Å²) in [6.45, 7) is 2.39. The van der Waals surface area contributed by atoms with Crippen molar-refractivity contribution < 1.29 is 9.47 Å². The number of rotatable bonds is 6. The van der Waals surface area contributed by atoms with Crippen LogP contribution in [0.25, 0.3) is 0 Å². The van der Waals surface area contributed by atoms with Crippen LogP contribution in [-0.4, -0.2) is 25.9 Å². The van der Waals surface area contributed by atoms with E-state index in [1.54, 1.807) is 0 Å². The van der Waals surface area contributed by atoms with Gasteiger partial charge in [0.05, 0.1) is 18.8 Å². The van der Waals surface area contributed by atoms with Gasteiger partial charge in [-0.25, -0.2) is 0 Å². The minimum absolute atomic E-state index is 0.319. The number of hydrogen-bond acceptors (Lipinski definition) is 3. The Labute approximate surface area is 86.0 Å². The normalized spacial score (nSPS) is 21.8. The van der Waals surface area contributed by atoms with E-state index >= 15 is 0 Å². The molecule has 0 aliphatic carbocycles. The van der Waals surface area contributed by atoms with Crippen molar-refractivity contribution in [3.8, 4) is 6.07 Å². The van der Waals surface area contributed by atoms with Gasteiger partial charge >= 0.3 is 0 Å². The van der Waals surface area contributed by atoms with Crippen molar-refractivity contribution in [3.63, 3.8) is 0 Å². The molecule has 0 radical (unpaired) electrons. The van der Waals surface area contributed by atoms with Gasteiger partial charge in [-0.15, -0.1) is 0 Å². The molecule has 0 aromatic rings. The lowest BCUT2D eigenvalue weighted by molar-refractivity contribution is -0.0410. The minimum Gasteiger partial charge on any atom is -0.379 e. The molecule has 0 amide bonds. The van der Waals surface area contributed by atoms with Crippen LogP contribution in [0.1, 0.15) is 38.5 Å². The number of ether oxygens (including phenoxy) is 2. The lowest BCUT2D eigenvalue weighted by Gasteiger charge is -2.22. The summed E-state index contributed by atoms with van der Waals surface area (Å²) in [6, 6.07) is 2.13. The summed E-state index contributed by atoms with van der Waals surface area (Å²) in [6.07, 6.45) is 6.49. The van der Waals surface area contributed by atoms with E-state index in [1.165, 1.54) is 12.8 Å². The zero-order valence-electron chi connectivity index (χ0n) is 8.71. The summed E-state index contributed by atoms with van der Waals surface area (Å²) in [7, 11) is 0. The Hall–Kier alpha value is -0.590. The average molecular weight is 197 g/mol. The molecule has 1 aliphatic rings. The van der Waals surface area contributed by atoms with E-state index in [1.807, 2.05) is 0 Å². The van der Waals surface area contributed by atoms with Gasteiger partial charge in [0.2, 0.25) is 0 Å². The van der Waals surface area contributed by atoms with Crippen molar-refractivity contribution in [1.29, 1.82) is 5.26 Å². The molecule has 1 atom stereocenters. The Bertz CT molecular complexity index is 171. The van der Waals surface area contributed by atoms with Crippen LogP contribution in [0.2, 0.25) is 0 Å². The Morgan fingerprint density at radius 3 is 3.00 bits per heavy atom. The van der Waals surface area contributed by atoms with Gasteiger partial charge in [-0.1, -0.05) is 0 Å². The quantitative estimate of drug-likeness (QED) is 0.613. The Balaban J connectivity index is 1.85. The second-order valence-corrected chi connectivity index (χ2v) is 3.68. The minimum atomic E-state index is 0.319. The first kappa shape index (κ1) is 11.5. The third-order valence-corrected chi connectivity index (χ3v) is 2.40. The zero-order valence-corrected chi connectivity index (χ0v) is 8.71. The molecule has 0 spiro atoms. The van der Waals surface area contributed by atoms with Gasteiger partial charge in [0, 0.05) is 19.6 Å². The van der Waals surface area contributed by atoms with Gasteiger partial charge in [0.15, 0.2) is 0 Å². The largest absolute Gasteiger partial charge is 0.379 e. The topological polar surface area (TPSA) is 42.2 Å². The lowest BCUT2D eigenvalue weighted by atomic mass is 10.1. The van der Waals surface area contributed by atoms with Crippen molar-refractivity contribution in [2.45, 2.75) is 44.6 Å². The van der Waals surface area contributed by atoms with Gasteiger partial charge in [-0.3, -0.25) is 0 Å². The highest BCUT2D eigenvalue weighted by Gasteiger charge is 2.13. The summed E-state index contributed by atoms with van der Waals surface area (Å²) in [5, 5.41) is 8.32. The maximum Gasteiger partial charge on any atom is 0.0808 e. The molecule has 1 aliphatic heterocycles. The molecule has 3 nitrogen and oxygen atoms in total. The zero-order chi connectivity index (χ0) is 10.1. The fourth-order valence-corrected chi connectivity index (χ4v) is 1.56. The summed E-state index contributed by atoms with van der Waals surface area (Å²) in [4.78, 5) is 0. The maximum absolute atomic E-state index is 8.32. The number of nitrogens with zero attached hydrogens (tertiary/aromatic N) is 1. The Morgan fingerprint density at radius 1 is 1.36 bits per heavy atom. The number of nitriles is 1. The molecule has 14 heavy (non-hydrogen) atoms. The van der Waals surface area contributed by atoms with Crippen LogP contribution in [0.4, 0.5) is 0 Å². The Kier molecular flexibility index (Phi) is 6.38. The summed E-state index contributed by atoms with van der Waals surface area (Å²) < 4.78 is 11.0. The first-order valence-corrected chi connectivity index (χ1v) is 5.50. The van der Waals surface area contributed by atoms with Crippen LogP contribution in [0.3, 0.4) is 0 Å². The maximum atomic E-state index is 8.32. The summed E-state index contributed by atoms with van der Waals surface area (Å²) in [5.41, 5.74) is 0. The van der Waals surface area contributed by atoms with E-state index in [0.29, 0.717) is 12.5 Å². The van der Waals surface area contributed by atoms with Gasteiger partial charge < -0.3 is 9.47 Å². The molecule has 0 N–H and O–H groups in total. The van der Waals surface area contributed by atoms with Gasteiger partial charge in [0.1, 0.15) is 0 Å². The fraction of sp³-hybridized carbons (Fsp3) is 0.909. The van der Waals surface area contributed by atoms with Gasteiger partial charge in [-0.05, 0) is 32.1 Å². The first-order valence-electron chi connectivity index (χ1n) is 5.50. The number of hydrogen-bond donors (Lipinski definition) is 0. The van der Waals surface area contributed by atoms with Crippen LogP contribution in [0.15, 0.2) is 0 Å².